The standard InChI is InChI=1S/C21H27N3OS/c1-15(2)12-24-13-18(17-7-5-6-8-19(17)24)21(25)22-11-20(23(3)4)16-9-10-26-14-16/h5-10,13-15,20H,11-12H2,1-4H3,(H,22,25). The molecular formula is C21H27N3OS. The number of aromatic nitrogens is 1. The van der Waals surface area contributed by atoms with E-state index in [1.807, 2.05) is 38.5 Å². The van der Waals surface area contributed by atoms with Crippen LogP contribution in [0, 0.1) is 5.92 Å². The zero-order valence-corrected chi connectivity index (χ0v) is 16.7. The number of thiophene rings is 1. The van der Waals surface area contributed by atoms with E-state index in [1.165, 1.54) is 5.56 Å². The number of nitrogens with one attached hydrogen (secondary N) is 1. The first-order chi connectivity index (χ1) is 12.5. The highest BCUT2D eigenvalue weighted by Crippen LogP contribution is 2.23. The maximum atomic E-state index is 12.9. The van der Waals surface area contributed by atoms with Crippen LogP contribution in [0.5, 0.6) is 0 Å². The molecule has 0 radical (unpaired) electrons. The van der Waals surface area contributed by atoms with Crippen LogP contribution >= 0.6 is 11.3 Å². The van der Waals surface area contributed by atoms with Gasteiger partial charge >= 0.3 is 0 Å². The second-order valence-electron chi connectivity index (χ2n) is 7.35. The molecule has 3 rings (SSSR count). The quantitative estimate of drug-likeness (QED) is 0.670. The van der Waals surface area contributed by atoms with Gasteiger partial charge in [0.25, 0.3) is 5.91 Å². The van der Waals surface area contributed by atoms with E-state index in [0.717, 1.165) is 23.0 Å². The number of hydrogen-bond donors (Lipinski definition) is 1. The van der Waals surface area contributed by atoms with Gasteiger partial charge in [0.2, 0.25) is 0 Å². The van der Waals surface area contributed by atoms with Crippen molar-refractivity contribution in [2.75, 3.05) is 20.6 Å². The molecule has 0 fully saturated rings. The van der Waals surface area contributed by atoms with E-state index in [2.05, 4.69) is 51.5 Å². The summed E-state index contributed by atoms with van der Waals surface area (Å²) in [6.45, 7) is 5.88. The molecule has 4 nitrogen and oxygen atoms in total. The number of para-hydroxylation sites is 1. The Morgan fingerprint density at radius 1 is 1.23 bits per heavy atom. The van der Waals surface area contributed by atoms with Gasteiger partial charge in [-0.25, -0.2) is 0 Å². The first kappa shape index (κ1) is 18.7. The molecule has 3 aromatic rings. The number of amides is 1. The third-order valence-corrected chi connectivity index (χ3v) is 5.30. The van der Waals surface area contributed by atoms with Gasteiger partial charge in [-0.1, -0.05) is 32.0 Å². The molecule has 0 aliphatic rings. The van der Waals surface area contributed by atoms with E-state index in [9.17, 15) is 4.79 Å². The van der Waals surface area contributed by atoms with Crippen LogP contribution in [0.25, 0.3) is 10.9 Å². The number of likely N-dealkylation sites (N-methyl/N-ethyl adjacent to an activating group) is 1. The molecule has 0 aliphatic carbocycles. The van der Waals surface area contributed by atoms with Gasteiger partial charge in [0.15, 0.2) is 0 Å². The smallest absolute Gasteiger partial charge is 0.253 e. The summed E-state index contributed by atoms with van der Waals surface area (Å²) in [5.41, 5.74) is 3.11. The molecular weight excluding hydrogens is 342 g/mol. The van der Waals surface area contributed by atoms with E-state index in [-0.39, 0.29) is 11.9 Å². The summed E-state index contributed by atoms with van der Waals surface area (Å²) in [4.78, 5) is 15.1. The Kier molecular flexibility index (Phi) is 5.79. The predicted molar refractivity (Wildman–Crippen MR) is 110 cm³/mol. The minimum absolute atomic E-state index is 0.00853. The third-order valence-electron chi connectivity index (χ3n) is 4.60. The van der Waals surface area contributed by atoms with Crippen molar-refractivity contribution in [2.24, 2.45) is 5.92 Å². The highest BCUT2D eigenvalue weighted by Gasteiger charge is 2.19. The fourth-order valence-electron chi connectivity index (χ4n) is 3.32. The van der Waals surface area contributed by atoms with Gasteiger partial charge in [-0.2, -0.15) is 11.3 Å². The summed E-state index contributed by atoms with van der Waals surface area (Å²) < 4.78 is 2.19. The number of carbonyl (C=O) groups excluding carboxylic acids is 1. The van der Waals surface area contributed by atoms with Crippen molar-refractivity contribution in [1.82, 2.24) is 14.8 Å². The van der Waals surface area contributed by atoms with Crippen LogP contribution in [0.1, 0.15) is 35.8 Å². The fourth-order valence-corrected chi connectivity index (χ4v) is 4.03. The molecule has 5 heteroatoms. The second-order valence-corrected chi connectivity index (χ2v) is 8.13. The Hall–Kier alpha value is -2.11. The molecule has 0 aliphatic heterocycles. The molecule has 1 unspecified atom stereocenters. The topological polar surface area (TPSA) is 37.3 Å². The normalized spacial score (nSPS) is 12.8. The number of fused-ring (bicyclic) bond motifs is 1. The van der Waals surface area contributed by atoms with Crippen molar-refractivity contribution >= 4 is 28.1 Å². The van der Waals surface area contributed by atoms with Crippen molar-refractivity contribution < 1.29 is 4.79 Å². The first-order valence-corrected chi connectivity index (χ1v) is 9.96. The maximum absolute atomic E-state index is 12.9. The number of rotatable bonds is 7. The van der Waals surface area contributed by atoms with E-state index < -0.39 is 0 Å². The van der Waals surface area contributed by atoms with Crippen LogP contribution in [0.15, 0.2) is 47.3 Å². The molecule has 0 saturated carbocycles. The van der Waals surface area contributed by atoms with Crippen molar-refractivity contribution in [3.63, 3.8) is 0 Å². The summed E-state index contributed by atoms with van der Waals surface area (Å²) in [6.07, 6.45) is 2.00. The van der Waals surface area contributed by atoms with E-state index >= 15 is 0 Å². The molecule has 26 heavy (non-hydrogen) atoms. The summed E-state index contributed by atoms with van der Waals surface area (Å²) in [5.74, 6) is 0.518. The molecule has 1 atom stereocenters. The Balaban J connectivity index is 1.81. The second kappa shape index (κ2) is 8.06. The number of nitrogens with zero attached hydrogens (tertiary/aromatic N) is 2. The summed E-state index contributed by atoms with van der Waals surface area (Å²) in [5, 5.41) is 8.38. The van der Waals surface area contributed by atoms with Crippen molar-refractivity contribution in [2.45, 2.75) is 26.4 Å². The van der Waals surface area contributed by atoms with Crippen molar-refractivity contribution in [3.05, 3.63) is 58.4 Å². The monoisotopic (exact) mass is 369 g/mol. The molecule has 0 saturated heterocycles. The largest absolute Gasteiger partial charge is 0.350 e. The Morgan fingerprint density at radius 2 is 2.00 bits per heavy atom. The minimum Gasteiger partial charge on any atom is -0.350 e. The molecule has 2 heterocycles. The average Bonchev–Trinajstić information content (AvgIpc) is 3.23. The van der Waals surface area contributed by atoms with E-state index in [0.29, 0.717) is 12.5 Å². The Bertz CT molecular complexity index is 865. The van der Waals surface area contributed by atoms with Crippen LogP contribution < -0.4 is 5.32 Å². The fraction of sp³-hybridized carbons (Fsp3) is 0.381. The molecule has 1 N–H and O–H groups in total. The van der Waals surface area contributed by atoms with Gasteiger partial charge in [-0.3, -0.25) is 4.79 Å². The molecule has 138 valence electrons. The van der Waals surface area contributed by atoms with Gasteiger partial charge in [0.1, 0.15) is 0 Å². The van der Waals surface area contributed by atoms with Gasteiger partial charge < -0.3 is 14.8 Å². The maximum Gasteiger partial charge on any atom is 0.253 e. The minimum atomic E-state index is -0.00853. The Labute approximate surface area is 159 Å². The van der Waals surface area contributed by atoms with Crippen LogP contribution in [0.3, 0.4) is 0 Å². The lowest BCUT2D eigenvalue weighted by atomic mass is 10.1. The van der Waals surface area contributed by atoms with Crippen LogP contribution in [0.2, 0.25) is 0 Å². The zero-order valence-electron chi connectivity index (χ0n) is 15.9. The average molecular weight is 370 g/mol. The number of hydrogen-bond acceptors (Lipinski definition) is 3. The molecule has 1 aromatic carbocycles. The lowest BCUT2D eigenvalue weighted by Gasteiger charge is -2.23. The van der Waals surface area contributed by atoms with Crippen LogP contribution in [0.4, 0.5) is 0 Å². The summed E-state index contributed by atoms with van der Waals surface area (Å²) in [6, 6.07) is 10.4. The highest BCUT2D eigenvalue weighted by atomic mass is 32.1. The van der Waals surface area contributed by atoms with Crippen LogP contribution in [-0.4, -0.2) is 36.0 Å². The lowest BCUT2D eigenvalue weighted by Crippen LogP contribution is -2.34. The van der Waals surface area contributed by atoms with Crippen molar-refractivity contribution in [1.29, 1.82) is 0 Å². The Morgan fingerprint density at radius 3 is 2.65 bits per heavy atom. The summed E-state index contributed by atoms with van der Waals surface area (Å²) >= 11 is 1.68. The van der Waals surface area contributed by atoms with Crippen molar-refractivity contribution in [3.8, 4) is 0 Å². The zero-order chi connectivity index (χ0) is 18.7. The van der Waals surface area contributed by atoms with Crippen LogP contribution in [-0.2, 0) is 6.54 Å². The number of benzene rings is 1. The van der Waals surface area contributed by atoms with Gasteiger partial charge in [-0.15, -0.1) is 0 Å². The van der Waals surface area contributed by atoms with E-state index in [1.54, 1.807) is 11.3 Å². The van der Waals surface area contributed by atoms with Gasteiger partial charge in [-0.05, 0) is 48.5 Å². The number of carbonyl (C=O) groups is 1. The first-order valence-electron chi connectivity index (χ1n) is 9.02. The summed E-state index contributed by atoms with van der Waals surface area (Å²) in [7, 11) is 4.09. The molecule has 0 bridgehead atoms. The lowest BCUT2D eigenvalue weighted by molar-refractivity contribution is 0.0943. The predicted octanol–water partition coefficient (Wildman–Crippen LogP) is 4.39. The molecule has 1 amide bonds. The van der Waals surface area contributed by atoms with Gasteiger partial charge in [0, 0.05) is 30.2 Å². The third kappa shape index (κ3) is 4.00. The van der Waals surface area contributed by atoms with E-state index in [4.69, 9.17) is 0 Å². The molecule has 2 aromatic heterocycles. The highest BCUT2D eigenvalue weighted by molar-refractivity contribution is 7.07. The SMILES string of the molecule is CC(C)Cn1cc(C(=O)NCC(c2ccsc2)N(C)C)c2ccccc21. The van der Waals surface area contributed by atoms with Gasteiger partial charge in [0.05, 0.1) is 11.6 Å². The molecule has 0 spiro atoms.